The van der Waals surface area contributed by atoms with Crippen molar-refractivity contribution in [3.8, 4) is 0 Å². The normalized spacial score (nSPS) is 25.2. The molecule has 7 heteroatoms. The molecule has 1 aromatic rings. The second-order valence-corrected chi connectivity index (χ2v) is 8.32. The van der Waals surface area contributed by atoms with Crippen molar-refractivity contribution in [2.45, 2.75) is 50.4 Å². The topological polar surface area (TPSA) is 72.4 Å². The van der Waals surface area contributed by atoms with E-state index in [1.807, 2.05) is 6.92 Å². The molecule has 0 spiro atoms. The molecule has 122 valence electrons. The predicted molar refractivity (Wildman–Crippen MR) is 82.8 cm³/mol. The lowest BCUT2D eigenvalue weighted by atomic mass is 10.0. The molecule has 0 amide bonds. The standard InChI is InChI=1S/C15H23N3O3S/c1-12-9-17-14(10-16-12)15-11-18(7-8-21-15)22(19,20)13-5-3-2-4-6-13/h9-10,13,15H,2-8,11H2,1H3/t15-/m1/s1. The van der Waals surface area contributed by atoms with Crippen LogP contribution in [0.2, 0.25) is 0 Å². The monoisotopic (exact) mass is 325 g/mol. The lowest BCUT2D eigenvalue weighted by Crippen LogP contribution is -2.46. The first kappa shape index (κ1) is 15.8. The van der Waals surface area contributed by atoms with Crippen LogP contribution >= 0.6 is 0 Å². The van der Waals surface area contributed by atoms with Gasteiger partial charge in [-0.3, -0.25) is 9.97 Å². The second-order valence-electron chi connectivity index (χ2n) is 6.11. The Bertz CT molecular complexity index is 597. The highest BCUT2D eigenvalue weighted by molar-refractivity contribution is 7.89. The molecule has 1 aromatic heterocycles. The zero-order valence-electron chi connectivity index (χ0n) is 12.9. The van der Waals surface area contributed by atoms with E-state index in [1.165, 1.54) is 0 Å². The molecule has 1 aliphatic carbocycles. The number of rotatable bonds is 3. The number of hydrogen-bond acceptors (Lipinski definition) is 5. The van der Waals surface area contributed by atoms with Crippen LogP contribution in [0.4, 0.5) is 0 Å². The quantitative estimate of drug-likeness (QED) is 0.847. The SMILES string of the molecule is Cc1cnc([C@H]2CN(S(=O)(=O)C3CCCCC3)CCO2)cn1. The first-order valence-corrected chi connectivity index (χ1v) is 9.47. The van der Waals surface area contributed by atoms with Gasteiger partial charge >= 0.3 is 0 Å². The van der Waals surface area contributed by atoms with Gasteiger partial charge in [-0.05, 0) is 19.8 Å². The van der Waals surface area contributed by atoms with Crippen molar-refractivity contribution in [3.05, 3.63) is 23.8 Å². The van der Waals surface area contributed by atoms with Crippen molar-refractivity contribution in [3.63, 3.8) is 0 Å². The summed E-state index contributed by atoms with van der Waals surface area (Å²) in [7, 11) is -3.23. The van der Waals surface area contributed by atoms with E-state index in [-0.39, 0.29) is 11.4 Å². The van der Waals surface area contributed by atoms with Gasteiger partial charge in [0.05, 0.1) is 29.4 Å². The molecular formula is C15H23N3O3S. The van der Waals surface area contributed by atoms with E-state index >= 15 is 0 Å². The van der Waals surface area contributed by atoms with Crippen LogP contribution < -0.4 is 0 Å². The van der Waals surface area contributed by atoms with Gasteiger partial charge in [0.2, 0.25) is 10.0 Å². The highest BCUT2D eigenvalue weighted by Gasteiger charge is 2.36. The first-order valence-electron chi connectivity index (χ1n) is 7.96. The molecule has 0 bridgehead atoms. The number of aromatic nitrogens is 2. The molecule has 3 rings (SSSR count). The third-order valence-electron chi connectivity index (χ3n) is 4.49. The predicted octanol–water partition coefficient (Wildman–Crippen LogP) is 1.82. The molecule has 0 unspecified atom stereocenters. The van der Waals surface area contributed by atoms with Crippen LogP contribution in [0.5, 0.6) is 0 Å². The van der Waals surface area contributed by atoms with Gasteiger partial charge < -0.3 is 4.74 Å². The molecule has 0 N–H and O–H groups in total. The Balaban J connectivity index is 1.73. The molecule has 0 aromatic carbocycles. The van der Waals surface area contributed by atoms with Gasteiger partial charge in [0.15, 0.2) is 0 Å². The molecule has 22 heavy (non-hydrogen) atoms. The lowest BCUT2D eigenvalue weighted by Gasteiger charge is -2.35. The van der Waals surface area contributed by atoms with Crippen LogP contribution in [0.1, 0.15) is 49.6 Å². The highest BCUT2D eigenvalue weighted by Crippen LogP contribution is 2.29. The van der Waals surface area contributed by atoms with Crippen LogP contribution in [0, 0.1) is 6.92 Å². The van der Waals surface area contributed by atoms with Gasteiger partial charge in [0.1, 0.15) is 6.10 Å². The highest BCUT2D eigenvalue weighted by atomic mass is 32.2. The largest absolute Gasteiger partial charge is 0.369 e. The van der Waals surface area contributed by atoms with E-state index in [9.17, 15) is 8.42 Å². The van der Waals surface area contributed by atoms with Crippen molar-refractivity contribution < 1.29 is 13.2 Å². The molecule has 1 saturated heterocycles. The van der Waals surface area contributed by atoms with Crippen LogP contribution in [-0.2, 0) is 14.8 Å². The van der Waals surface area contributed by atoms with Gasteiger partial charge in [-0.25, -0.2) is 8.42 Å². The zero-order chi connectivity index (χ0) is 15.6. The Morgan fingerprint density at radius 2 is 1.95 bits per heavy atom. The number of morpholine rings is 1. The van der Waals surface area contributed by atoms with Gasteiger partial charge in [0.25, 0.3) is 0 Å². The molecular weight excluding hydrogens is 302 g/mol. The Morgan fingerprint density at radius 1 is 1.18 bits per heavy atom. The van der Waals surface area contributed by atoms with Gasteiger partial charge in [-0.2, -0.15) is 4.31 Å². The fraction of sp³-hybridized carbons (Fsp3) is 0.733. The molecule has 1 aliphatic heterocycles. The number of nitrogens with zero attached hydrogens (tertiary/aromatic N) is 3. The van der Waals surface area contributed by atoms with Crippen molar-refractivity contribution in [1.29, 1.82) is 0 Å². The maximum Gasteiger partial charge on any atom is 0.217 e. The van der Waals surface area contributed by atoms with Crippen LogP contribution in [0.3, 0.4) is 0 Å². The van der Waals surface area contributed by atoms with E-state index < -0.39 is 10.0 Å². The zero-order valence-corrected chi connectivity index (χ0v) is 13.8. The van der Waals surface area contributed by atoms with Crippen LogP contribution in [0.15, 0.2) is 12.4 Å². The average Bonchev–Trinajstić information content (AvgIpc) is 2.56. The van der Waals surface area contributed by atoms with Crippen LogP contribution in [-0.4, -0.2) is 47.6 Å². The first-order chi connectivity index (χ1) is 10.6. The fourth-order valence-corrected chi connectivity index (χ4v) is 5.20. The number of hydrogen-bond donors (Lipinski definition) is 0. The summed E-state index contributed by atoms with van der Waals surface area (Å²) in [5.41, 5.74) is 1.54. The summed E-state index contributed by atoms with van der Waals surface area (Å²) in [4.78, 5) is 8.54. The summed E-state index contributed by atoms with van der Waals surface area (Å²) in [5.74, 6) is 0. The number of sulfonamides is 1. The molecule has 2 aliphatic rings. The molecule has 6 nitrogen and oxygen atoms in total. The minimum atomic E-state index is -3.23. The van der Waals surface area contributed by atoms with Gasteiger partial charge in [0, 0.05) is 19.3 Å². The third kappa shape index (κ3) is 3.31. The summed E-state index contributed by atoms with van der Waals surface area (Å²) in [5, 5.41) is -0.218. The smallest absolute Gasteiger partial charge is 0.217 e. The van der Waals surface area contributed by atoms with Gasteiger partial charge in [-0.1, -0.05) is 19.3 Å². The summed E-state index contributed by atoms with van der Waals surface area (Å²) in [6.45, 7) is 3.07. The maximum absolute atomic E-state index is 12.8. The molecule has 1 atom stereocenters. The Morgan fingerprint density at radius 3 is 2.64 bits per heavy atom. The molecule has 0 radical (unpaired) electrons. The second kappa shape index (κ2) is 6.60. The van der Waals surface area contributed by atoms with E-state index in [4.69, 9.17) is 4.74 Å². The molecule has 1 saturated carbocycles. The minimum Gasteiger partial charge on any atom is -0.369 e. The molecule has 2 fully saturated rings. The minimum absolute atomic E-state index is 0.218. The van der Waals surface area contributed by atoms with Crippen molar-refractivity contribution in [2.75, 3.05) is 19.7 Å². The average molecular weight is 325 g/mol. The fourth-order valence-electron chi connectivity index (χ4n) is 3.18. The maximum atomic E-state index is 12.8. The van der Waals surface area contributed by atoms with E-state index in [1.54, 1.807) is 16.7 Å². The summed E-state index contributed by atoms with van der Waals surface area (Å²) in [6, 6.07) is 0. The Labute approximate surface area is 132 Å². The Kier molecular flexibility index (Phi) is 4.75. The van der Waals surface area contributed by atoms with Crippen molar-refractivity contribution in [2.24, 2.45) is 0 Å². The summed E-state index contributed by atoms with van der Waals surface area (Å²) in [6.07, 6.45) is 7.80. The Hall–Kier alpha value is -1.05. The third-order valence-corrected chi connectivity index (χ3v) is 6.86. The van der Waals surface area contributed by atoms with E-state index in [0.29, 0.717) is 25.4 Å². The van der Waals surface area contributed by atoms with Gasteiger partial charge in [-0.15, -0.1) is 0 Å². The van der Waals surface area contributed by atoms with Crippen molar-refractivity contribution in [1.82, 2.24) is 14.3 Å². The van der Waals surface area contributed by atoms with E-state index in [2.05, 4.69) is 9.97 Å². The van der Waals surface area contributed by atoms with Crippen LogP contribution in [0.25, 0.3) is 0 Å². The summed E-state index contributed by atoms with van der Waals surface area (Å²) < 4.78 is 32.9. The lowest BCUT2D eigenvalue weighted by molar-refractivity contribution is -0.00555. The number of ether oxygens (including phenoxy) is 1. The number of aryl methyl sites for hydroxylation is 1. The summed E-state index contributed by atoms with van der Waals surface area (Å²) >= 11 is 0. The molecule has 2 heterocycles. The van der Waals surface area contributed by atoms with Crippen molar-refractivity contribution >= 4 is 10.0 Å². The van der Waals surface area contributed by atoms with E-state index in [0.717, 1.165) is 37.8 Å².